The van der Waals surface area contributed by atoms with Crippen molar-refractivity contribution in [2.45, 2.75) is 51.6 Å². The molecule has 5 nitrogen and oxygen atoms in total. The van der Waals surface area contributed by atoms with Crippen molar-refractivity contribution in [1.82, 2.24) is 15.6 Å². The third kappa shape index (κ3) is 3.11. The van der Waals surface area contributed by atoms with E-state index in [1.54, 1.807) is 11.1 Å². The van der Waals surface area contributed by atoms with E-state index in [2.05, 4.69) is 38.7 Å². The minimum Gasteiger partial charge on any atom is -0.371 e. The Morgan fingerprint density at radius 3 is 2.78 bits per heavy atom. The maximum absolute atomic E-state index is 4.75. The zero-order chi connectivity index (χ0) is 15.6. The summed E-state index contributed by atoms with van der Waals surface area (Å²) >= 11 is 0. The molecule has 1 aliphatic carbocycles. The molecule has 0 unspecified atom stereocenters. The molecule has 2 heterocycles. The van der Waals surface area contributed by atoms with Gasteiger partial charge in [-0.1, -0.05) is 16.4 Å². The second kappa shape index (κ2) is 6.32. The summed E-state index contributed by atoms with van der Waals surface area (Å²) in [7, 11) is 0. The normalized spacial score (nSPS) is 18.4. The van der Waals surface area contributed by atoms with Crippen molar-refractivity contribution in [2.75, 3.05) is 18.0 Å². The fraction of sp³-hybridized carbons (Fsp3) is 0.556. The van der Waals surface area contributed by atoms with E-state index in [1.807, 2.05) is 6.92 Å². The number of piperidine rings is 1. The number of hydrogen-bond donors (Lipinski definition) is 1. The van der Waals surface area contributed by atoms with Crippen LogP contribution in [0.2, 0.25) is 0 Å². The highest BCUT2D eigenvalue weighted by Crippen LogP contribution is 2.28. The van der Waals surface area contributed by atoms with Crippen LogP contribution in [0.3, 0.4) is 0 Å². The number of fused-ring (bicyclic) bond motifs is 1. The molecule has 1 aromatic carbocycles. The Balaban J connectivity index is 1.31. The van der Waals surface area contributed by atoms with Gasteiger partial charge in [-0.3, -0.25) is 0 Å². The van der Waals surface area contributed by atoms with Crippen LogP contribution < -0.4 is 10.2 Å². The molecule has 23 heavy (non-hydrogen) atoms. The zero-order valence-corrected chi connectivity index (χ0v) is 13.7. The van der Waals surface area contributed by atoms with E-state index in [1.165, 1.54) is 37.8 Å². The Morgan fingerprint density at radius 2 is 2.00 bits per heavy atom. The van der Waals surface area contributed by atoms with Crippen LogP contribution in [0.1, 0.15) is 41.8 Å². The van der Waals surface area contributed by atoms with Gasteiger partial charge in [0.05, 0.1) is 0 Å². The average molecular weight is 312 g/mol. The molecule has 1 aliphatic heterocycles. The number of nitrogens with zero attached hydrogens (tertiary/aromatic N) is 3. The van der Waals surface area contributed by atoms with Crippen LogP contribution in [-0.4, -0.2) is 29.4 Å². The largest absolute Gasteiger partial charge is 0.371 e. The topological polar surface area (TPSA) is 54.2 Å². The lowest BCUT2D eigenvalue weighted by molar-refractivity contribution is 0.299. The molecule has 0 bridgehead atoms. The Labute approximate surface area is 137 Å². The summed E-state index contributed by atoms with van der Waals surface area (Å²) in [6.45, 7) is 4.92. The lowest BCUT2D eigenvalue weighted by Crippen LogP contribution is -2.42. The minimum absolute atomic E-state index is 0.553. The fourth-order valence-corrected chi connectivity index (χ4v) is 3.75. The molecule has 0 amide bonds. The summed E-state index contributed by atoms with van der Waals surface area (Å²) in [4.78, 5) is 2.53. The number of hydrogen-bond acceptors (Lipinski definition) is 5. The molecular formula is C18H24N4O. The van der Waals surface area contributed by atoms with Crippen LogP contribution in [0, 0.1) is 6.92 Å². The maximum atomic E-state index is 4.75. The van der Waals surface area contributed by atoms with Crippen molar-refractivity contribution in [1.29, 1.82) is 0 Å². The fourth-order valence-electron chi connectivity index (χ4n) is 3.75. The Kier molecular flexibility index (Phi) is 4.04. The summed E-state index contributed by atoms with van der Waals surface area (Å²) in [5.41, 5.74) is 6.33. The first kappa shape index (κ1) is 14.7. The van der Waals surface area contributed by atoms with Crippen molar-refractivity contribution in [2.24, 2.45) is 0 Å². The Hall–Kier alpha value is -1.88. The lowest BCUT2D eigenvalue weighted by atomic mass is 10.0. The van der Waals surface area contributed by atoms with Gasteiger partial charge in [-0.25, -0.2) is 4.63 Å². The SMILES string of the molecule is Cc1nonc1CNC1CCN(c2ccc3c(c2)CCC3)CC1. The Morgan fingerprint density at radius 1 is 1.17 bits per heavy atom. The maximum Gasteiger partial charge on any atom is 0.121 e. The van der Waals surface area contributed by atoms with E-state index >= 15 is 0 Å². The van der Waals surface area contributed by atoms with E-state index < -0.39 is 0 Å². The van der Waals surface area contributed by atoms with Crippen LogP contribution in [0.25, 0.3) is 0 Å². The molecule has 0 atom stereocenters. The third-order valence-electron chi connectivity index (χ3n) is 5.25. The van der Waals surface area contributed by atoms with Gasteiger partial charge in [0.2, 0.25) is 0 Å². The zero-order valence-electron chi connectivity index (χ0n) is 13.7. The van der Waals surface area contributed by atoms with Crippen LogP contribution in [0.5, 0.6) is 0 Å². The number of aromatic nitrogens is 2. The van der Waals surface area contributed by atoms with E-state index in [0.717, 1.165) is 31.0 Å². The third-order valence-corrected chi connectivity index (χ3v) is 5.25. The number of rotatable bonds is 4. The highest BCUT2D eigenvalue weighted by atomic mass is 16.6. The molecule has 1 aromatic heterocycles. The predicted octanol–water partition coefficient (Wildman–Crippen LogP) is 2.63. The van der Waals surface area contributed by atoms with Gasteiger partial charge in [0, 0.05) is 31.4 Å². The summed E-state index contributed by atoms with van der Waals surface area (Å²) in [6, 6.07) is 7.61. The van der Waals surface area contributed by atoms with Gasteiger partial charge in [0.1, 0.15) is 11.4 Å². The molecule has 0 radical (unpaired) electrons. The summed E-state index contributed by atoms with van der Waals surface area (Å²) in [5.74, 6) is 0. The minimum atomic E-state index is 0.553. The van der Waals surface area contributed by atoms with Gasteiger partial charge in [0.15, 0.2) is 0 Å². The van der Waals surface area contributed by atoms with Gasteiger partial charge in [0.25, 0.3) is 0 Å². The molecule has 122 valence electrons. The first-order valence-corrected chi connectivity index (χ1v) is 8.68. The first-order valence-electron chi connectivity index (χ1n) is 8.68. The van der Waals surface area contributed by atoms with Gasteiger partial charge in [-0.2, -0.15) is 0 Å². The number of nitrogens with one attached hydrogen (secondary N) is 1. The molecule has 0 spiro atoms. The van der Waals surface area contributed by atoms with Gasteiger partial charge >= 0.3 is 0 Å². The summed E-state index contributed by atoms with van der Waals surface area (Å²) in [5, 5.41) is 11.4. The molecule has 1 N–H and O–H groups in total. The summed E-state index contributed by atoms with van der Waals surface area (Å²) in [6.07, 6.45) is 6.17. The number of aryl methyl sites for hydroxylation is 3. The van der Waals surface area contributed by atoms with E-state index in [0.29, 0.717) is 6.04 Å². The molecule has 1 fully saturated rings. The summed E-state index contributed by atoms with van der Waals surface area (Å²) < 4.78 is 4.75. The van der Waals surface area contributed by atoms with Crippen molar-refractivity contribution in [3.05, 3.63) is 40.7 Å². The molecule has 4 rings (SSSR count). The van der Waals surface area contributed by atoms with Gasteiger partial charge < -0.3 is 10.2 Å². The van der Waals surface area contributed by atoms with Crippen LogP contribution in [0.15, 0.2) is 22.8 Å². The van der Waals surface area contributed by atoms with Crippen LogP contribution >= 0.6 is 0 Å². The van der Waals surface area contributed by atoms with E-state index in [9.17, 15) is 0 Å². The van der Waals surface area contributed by atoms with E-state index in [-0.39, 0.29) is 0 Å². The standard InChI is InChI=1S/C18H24N4O/c1-13-18(21-23-20-13)12-19-16-7-9-22(10-8-16)17-6-5-14-3-2-4-15(14)11-17/h5-6,11,16,19H,2-4,7-10,12H2,1H3. The van der Waals surface area contributed by atoms with Gasteiger partial charge in [-0.15, -0.1) is 0 Å². The van der Waals surface area contributed by atoms with Crippen LogP contribution in [-0.2, 0) is 19.4 Å². The smallest absolute Gasteiger partial charge is 0.121 e. The molecule has 1 saturated heterocycles. The number of benzene rings is 1. The van der Waals surface area contributed by atoms with Gasteiger partial charge in [-0.05, 0) is 62.3 Å². The first-order chi connectivity index (χ1) is 11.3. The second-order valence-corrected chi connectivity index (χ2v) is 6.75. The van der Waals surface area contributed by atoms with Crippen molar-refractivity contribution in [3.63, 3.8) is 0 Å². The monoisotopic (exact) mass is 312 g/mol. The molecule has 2 aliphatic rings. The van der Waals surface area contributed by atoms with Crippen molar-refractivity contribution < 1.29 is 4.63 Å². The highest BCUT2D eigenvalue weighted by molar-refractivity contribution is 5.52. The quantitative estimate of drug-likeness (QED) is 0.940. The number of anilines is 1. The molecule has 0 saturated carbocycles. The highest BCUT2D eigenvalue weighted by Gasteiger charge is 2.21. The predicted molar refractivity (Wildman–Crippen MR) is 89.6 cm³/mol. The average Bonchev–Trinajstić information content (AvgIpc) is 3.21. The van der Waals surface area contributed by atoms with E-state index in [4.69, 9.17) is 4.63 Å². The Bertz CT molecular complexity index is 673. The van der Waals surface area contributed by atoms with Crippen LogP contribution in [0.4, 0.5) is 5.69 Å². The van der Waals surface area contributed by atoms with Crippen molar-refractivity contribution >= 4 is 5.69 Å². The van der Waals surface area contributed by atoms with Crippen molar-refractivity contribution in [3.8, 4) is 0 Å². The lowest BCUT2D eigenvalue weighted by Gasteiger charge is -2.34. The molecule has 2 aromatic rings. The molecular weight excluding hydrogens is 288 g/mol. The molecule has 5 heteroatoms. The second-order valence-electron chi connectivity index (χ2n) is 6.75.